The summed E-state index contributed by atoms with van der Waals surface area (Å²) in [5.74, 6) is 1.35. The van der Waals surface area contributed by atoms with Gasteiger partial charge in [0.1, 0.15) is 5.82 Å². The summed E-state index contributed by atoms with van der Waals surface area (Å²) >= 11 is 0. The van der Waals surface area contributed by atoms with Gasteiger partial charge in [-0.1, -0.05) is 103 Å². The molecule has 0 spiro atoms. The van der Waals surface area contributed by atoms with Crippen LogP contribution in [0, 0.1) is 25.7 Å². The molecule has 8 heteroatoms. The van der Waals surface area contributed by atoms with Crippen LogP contribution in [0.4, 0.5) is 22.7 Å². The standard InChI is InChI=1S/C57H39N6O.Pt/c1-36-30-54(58-34-47(36)37-16-5-4-6-17-37)63-50-25-12-9-20-41(50)44-29-28-40(32-53(44)63)64-39-19-15-18-38(31-39)61-35-62(52-27-14-13-26-51(52)61)57-55-45(42-21-7-10-23-48(42)59(55)2)33-46-43-22-8-11-24-49(43)60(3)56(46)57;/h4-30,33-35H,1-3H3;/q-3;/i9D,12D,20D,25D;. The fourth-order valence-corrected chi connectivity index (χ4v) is 9.93. The molecule has 0 aliphatic carbocycles. The van der Waals surface area contributed by atoms with Crippen molar-refractivity contribution < 1.29 is 31.3 Å². The average molecular weight is 1020 g/mol. The maximum absolute atomic E-state index is 9.09. The zero-order valence-corrected chi connectivity index (χ0v) is 37.7. The van der Waals surface area contributed by atoms with Gasteiger partial charge in [-0.05, 0) is 65.9 Å². The molecule has 13 rings (SSSR count). The van der Waals surface area contributed by atoms with Crippen molar-refractivity contribution in [3.63, 3.8) is 0 Å². The molecule has 12 aromatic rings. The first-order valence-electron chi connectivity index (χ1n) is 23.3. The molecule has 316 valence electrons. The molecule has 0 amide bonds. The van der Waals surface area contributed by atoms with E-state index in [9.17, 15) is 0 Å². The van der Waals surface area contributed by atoms with Gasteiger partial charge in [0.2, 0.25) is 0 Å². The van der Waals surface area contributed by atoms with E-state index in [1.165, 1.54) is 21.5 Å². The van der Waals surface area contributed by atoms with Gasteiger partial charge < -0.3 is 28.2 Å². The Hall–Kier alpha value is -7.60. The van der Waals surface area contributed by atoms with E-state index in [1.54, 1.807) is 10.6 Å². The quantitative estimate of drug-likeness (QED) is 0.156. The number of aromatic nitrogens is 4. The van der Waals surface area contributed by atoms with Crippen LogP contribution >= 0.6 is 0 Å². The molecular formula is C57H39N6OPt-3. The Morgan fingerprint density at radius 2 is 1.23 bits per heavy atom. The van der Waals surface area contributed by atoms with Crippen molar-refractivity contribution in [1.82, 2.24) is 18.7 Å². The second-order valence-corrected chi connectivity index (χ2v) is 16.4. The second-order valence-electron chi connectivity index (χ2n) is 16.4. The number of ether oxygens (including phenoxy) is 1. The Labute approximate surface area is 395 Å². The van der Waals surface area contributed by atoms with Crippen molar-refractivity contribution >= 4 is 88.2 Å². The topological polar surface area (TPSA) is 43.4 Å². The summed E-state index contributed by atoms with van der Waals surface area (Å²) in [5.41, 5.74) is 12.2. The molecule has 0 saturated heterocycles. The molecule has 5 heterocycles. The van der Waals surface area contributed by atoms with Gasteiger partial charge in [0.15, 0.2) is 0 Å². The molecule has 7 nitrogen and oxygen atoms in total. The number of nitrogens with zero attached hydrogens (tertiary/aromatic N) is 6. The smallest absolute Gasteiger partial charge is 0.135 e. The van der Waals surface area contributed by atoms with Crippen molar-refractivity contribution in [2.24, 2.45) is 14.1 Å². The molecule has 1 aliphatic heterocycles. The van der Waals surface area contributed by atoms with Crippen LogP contribution in [0.1, 0.15) is 11.0 Å². The third-order valence-corrected chi connectivity index (χ3v) is 12.8. The van der Waals surface area contributed by atoms with Gasteiger partial charge in [-0.3, -0.25) is 0 Å². The fourth-order valence-electron chi connectivity index (χ4n) is 9.93. The van der Waals surface area contributed by atoms with Crippen molar-refractivity contribution in [2.75, 3.05) is 9.80 Å². The van der Waals surface area contributed by atoms with Crippen molar-refractivity contribution in [3.8, 4) is 28.4 Å². The van der Waals surface area contributed by atoms with Crippen LogP contribution < -0.4 is 14.5 Å². The Morgan fingerprint density at radius 1 is 0.585 bits per heavy atom. The molecule has 0 N–H and O–H groups in total. The van der Waals surface area contributed by atoms with E-state index in [0.717, 1.165) is 61.5 Å². The molecule has 0 atom stereocenters. The van der Waals surface area contributed by atoms with Gasteiger partial charge in [0.05, 0.1) is 22.2 Å². The summed E-state index contributed by atoms with van der Waals surface area (Å²) in [6.45, 7) is 4.16. The number of anilines is 4. The fraction of sp³-hybridized carbons (Fsp3) is 0.0526. The van der Waals surface area contributed by atoms with E-state index >= 15 is 0 Å². The number of benzene rings is 8. The summed E-state index contributed by atoms with van der Waals surface area (Å²) in [6.07, 6.45) is 1.81. The van der Waals surface area contributed by atoms with E-state index < -0.39 is 0 Å². The predicted molar refractivity (Wildman–Crippen MR) is 262 cm³/mol. The summed E-state index contributed by atoms with van der Waals surface area (Å²) in [6, 6.07) is 55.5. The van der Waals surface area contributed by atoms with Crippen LogP contribution in [-0.4, -0.2) is 18.7 Å². The molecule has 0 radical (unpaired) electrons. The van der Waals surface area contributed by atoms with Crippen LogP contribution in [0.15, 0.2) is 176 Å². The molecular weight excluding hydrogens is 980 g/mol. The van der Waals surface area contributed by atoms with E-state index in [-0.39, 0.29) is 45.2 Å². The minimum atomic E-state index is -0.318. The molecule has 0 bridgehead atoms. The molecule has 65 heavy (non-hydrogen) atoms. The third-order valence-electron chi connectivity index (χ3n) is 12.8. The maximum Gasteiger partial charge on any atom is 0.135 e. The van der Waals surface area contributed by atoms with Gasteiger partial charge in [-0.25, -0.2) is 4.98 Å². The molecule has 8 aromatic carbocycles. The van der Waals surface area contributed by atoms with E-state index in [1.807, 2.05) is 73.8 Å². The van der Waals surface area contributed by atoms with Crippen molar-refractivity contribution in [1.29, 1.82) is 0 Å². The van der Waals surface area contributed by atoms with Crippen molar-refractivity contribution in [2.45, 2.75) is 6.92 Å². The molecule has 0 unspecified atom stereocenters. The number of rotatable bonds is 6. The zero-order chi connectivity index (χ0) is 46.1. The number of para-hydroxylation sites is 5. The molecule has 1 aliphatic rings. The van der Waals surface area contributed by atoms with Crippen LogP contribution in [0.3, 0.4) is 0 Å². The second kappa shape index (κ2) is 15.0. The average Bonchev–Trinajstić information content (AvgIpc) is 4.09. The van der Waals surface area contributed by atoms with Crippen LogP contribution in [0.2, 0.25) is 0 Å². The number of hydrogen-bond acceptors (Lipinski definition) is 4. The maximum atomic E-state index is 9.09. The minimum absolute atomic E-state index is 0. The molecule has 4 aromatic heterocycles. The van der Waals surface area contributed by atoms with Crippen LogP contribution in [0.25, 0.3) is 82.4 Å². The number of hydrogen-bond donors (Lipinski definition) is 0. The minimum Gasteiger partial charge on any atom is -0.509 e. The Bertz CT molecular complexity index is 4010. The van der Waals surface area contributed by atoms with E-state index in [0.29, 0.717) is 39.1 Å². The van der Waals surface area contributed by atoms with Crippen LogP contribution in [-0.2, 0) is 35.2 Å². The van der Waals surface area contributed by atoms with Gasteiger partial charge in [0, 0.05) is 108 Å². The molecule has 0 fully saturated rings. The number of aryl methyl sites for hydroxylation is 3. The van der Waals surface area contributed by atoms with Gasteiger partial charge >= 0.3 is 0 Å². The summed E-state index contributed by atoms with van der Waals surface area (Å²) in [5, 5.41) is 5.78. The number of pyridine rings is 1. The van der Waals surface area contributed by atoms with E-state index in [4.69, 9.17) is 15.2 Å². The van der Waals surface area contributed by atoms with Gasteiger partial charge in [0.25, 0.3) is 0 Å². The van der Waals surface area contributed by atoms with Crippen LogP contribution in [0.5, 0.6) is 11.5 Å². The van der Waals surface area contributed by atoms with E-state index in [2.05, 4.69) is 131 Å². The van der Waals surface area contributed by atoms with Gasteiger partial charge in [-0.2, -0.15) is 12.1 Å². The van der Waals surface area contributed by atoms with Crippen molar-refractivity contribution in [3.05, 3.63) is 200 Å². The largest absolute Gasteiger partial charge is 0.509 e. The first-order valence-corrected chi connectivity index (χ1v) is 21.3. The third kappa shape index (κ3) is 5.89. The first kappa shape index (κ1) is 34.8. The molecule has 0 saturated carbocycles. The normalized spacial score (nSPS) is 13.5. The predicted octanol–water partition coefficient (Wildman–Crippen LogP) is 14.2. The Morgan fingerprint density at radius 3 is 1.95 bits per heavy atom. The zero-order valence-electron chi connectivity index (χ0n) is 39.4. The van der Waals surface area contributed by atoms with Gasteiger partial charge in [-0.15, -0.1) is 48.1 Å². The Balaban J connectivity index is 0.00000492. The first-order chi connectivity index (χ1) is 33.2. The summed E-state index contributed by atoms with van der Waals surface area (Å²) < 4.78 is 48.3. The SMILES string of the molecule is [2H]c1c([2H])c([2H])c2c(c1[2H])c1ccc(Oc3[c-]c(N4[CH-]N(c5c6c(cc7c8ccccc8n(C)c57)c5ccccc5n6C)c5ccccc54)ccc3)[c-]c1n2-c1cc(C)c(-c2ccccc2)cn1.[Pt]. The monoisotopic (exact) mass is 1020 g/mol. The summed E-state index contributed by atoms with van der Waals surface area (Å²) in [4.78, 5) is 9.35. The Kier molecular flexibility index (Phi) is 8.04. The number of fused-ring (bicyclic) bond motifs is 10. The summed E-state index contributed by atoms with van der Waals surface area (Å²) in [7, 11) is 4.31.